The van der Waals surface area contributed by atoms with Gasteiger partial charge in [0.05, 0.1) is 29.1 Å². The molecule has 0 amide bonds. The Kier molecular flexibility index (Phi) is 5.43. The van der Waals surface area contributed by atoms with Crippen LogP contribution in [0.4, 0.5) is 5.82 Å². The fourth-order valence-electron chi connectivity index (χ4n) is 1.86. The number of aryl methyl sites for hydroxylation is 1. The Bertz CT molecular complexity index is 540. The zero-order chi connectivity index (χ0) is 14.4. The number of rotatable bonds is 7. The monoisotopic (exact) mass is 291 g/mol. The summed E-state index contributed by atoms with van der Waals surface area (Å²) in [6.45, 7) is 6.69. The van der Waals surface area contributed by atoms with Gasteiger partial charge < -0.3 is 10.2 Å². The first-order chi connectivity index (χ1) is 9.69. The summed E-state index contributed by atoms with van der Waals surface area (Å²) in [7, 11) is 2.02. The predicted octanol–water partition coefficient (Wildman–Crippen LogP) is 2.38. The van der Waals surface area contributed by atoms with Gasteiger partial charge in [0.2, 0.25) is 0 Å². The van der Waals surface area contributed by atoms with Crippen molar-refractivity contribution in [1.82, 2.24) is 20.3 Å². The van der Waals surface area contributed by atoms with E-state index < -0.39 is 0 Å². The summed E-state index contributed by atoms with van der Waals surface area (Å²) in [5, 5.41) is 6.52. The molecule has 0 radical (unpaired) electrons. The molecule has 0 bridgehead atoms. The number of nitrogens with one attached hydrogen (secondary N) is 1. The Balaban J connectivity index is 1.98. The van der Waals surface area contributed by atoms with Gasteiger partial charge in [-0.1, -0.05) is 6.92 Å². The van der Waals surface area contributed by atoms with Crippen molar-refractivity contribution in [1.29, 1.82) is 0 Å². The quantitative estimate of drug-likeness (QED) is 0.794. The van der Waals surface area contributed by atoms with Crippen molar-refractivity contribution in [2.24, 2.45) is 0 Å². The van der Waals surface area contributed by atoms with Crippen molar-refractivity contribution >= 4 is 17.2 Å². The first-order valence-corrected chi connectivity index (χ1v) is 7.70. The van der Waals surface area contributed by atoms with Gasteiger partial charge in [0.15, 0.2) is 0 Å². The number of thiazole rings is 1. The van der Waals surface area contributed by atoms with Gasteiger partial charge in [-0.25, -0.2) is 9.97 Å². The third-order valence-corrected chi connectivity index (χ3v) is 3.68. The van der Waals surface area contributed by atoms with Gasteiger partial charge in [0.1, 0.15) is 5.82 Å². The lowest BCUT2D eigenvalue weighted by molar-refractivity contribution is 0.660. The summed E-state index contributed by atoms with van der Waals surface area (Å²) in [5.74, 6) is 0.881. The maximum Gasteiger partial charge on any atom is 0.147 e. The standard InChI is InChI=1S/C14H21N5S/c1-4-5-15-6-12-7-16-8-14(18-12)19(3)9-13-10-20-11(2)17-13/h7-8,10,15H,4-6,9H2,1-3H3. The zero-order valence-electron chi connectivity index (χ0n) is 12.3. The highest BCUT2D eigenvalue weighted by molar-refractivity contribution is 7.09. The highest BCUT2D eigenvalue weighted by Gasteiger charge is 2.07. The van der Waals surface area contributed by atoms with Crippen LogP contribution in [-0.2, 0) is 13.1 Å². The molecule has 0 atom stereocenters. The second-order valence-corrected chi connectivity index (χ2v) is 5.82. The molecule has 108 valence electrons. The van der Waals surface area contributed by atoms with E-state index in [1.54, 1.807) is 17.5 Å². The lowest BCUT2D eigenvalue weighted by Gasteiger charge is -2.17. The summed E-state index contributed by atoms with van der Waals surface area (Å²) < 4.78 is 0. The van der Waals surface area contributed by atoms with Crippen LogP contribution in [0.15, 0.2) is 17.8 Å². The van der Waals surface area contributed by atoms with Crippen LogP contribution in [0.1, 0.15) is 29.7 Å². The van der Waals surface area contributed by atoms with E-state index in [2.05, 4.69) is 37.5 Å². The van der Waals surface area contributed by atoms with E-state index >= 15 is 0 Å². The maximum atomic E-state index is 4.62. The summed E-state index contributed by atoms with van der Waals surface area (Å²) in [4.78, 5) is 15.4. The van der Waals surface area contributed by atoms with Crippen LogP contribution in [-0.4, -0.2) is 28.5 Å². The van der Waals surface area contributed by atoms with E-state index in [1.165, 1.54) is 0 Å². The van der Waals surface area contributed by atoms with E-state index in [4.69, 9.17) is 0 Å². The molecule has 2 aromatic heterocycles. The molecule has 20 heavy (non-hydrogen) atoms. The summed E-state index contributed by atoms with van der Waals surface area (Å²) in [6, 6.07) is 0. The van der Waals surface area contributed by atoms with Gasteiger partial charge in [-0.2, -0.15) is 0 Å². The number of nitrogens with zero attached hydrogens (tertiary/aromatic N) is 4. The molecule has 0 saturated heterocycles. The van der Waals surface area contributed by atoms with Crippen LogP contribution in [0, 0.1) is 6.92 Å². The highest BCUT2D eigenvalue weighted by atomic mass is 32.1. The second kappa shape index (κ2) is 7.31. The smallest absolute Gasteiger partial charge is 0.147 e. The summed E-state index contributed by atoms with van der Waals surface area (Å²) in [5.41, 5.74) is 2.04. The zero-order valence-corrected chi connectivity index (χ0v) is 13.1. The minimum atomic E-state index is 0.755. The second-order valence-electron chi connectivity index (χ2n) is 4.76. The SMILES string of the molecule is CCCNCc1cncc(N(C)Cc2csc(C)n2)n1. The largest absolute Gasteiger partial charge is 0.352 e. The number of hydrogen-bond acceptors (Lipinski definition) is 6. The molecule has 0 fully saturated rings. The van der Waals surface area contributed by atoms with E-state index in [0.717, 1.165) is 48.3 Å². The molecule has 5 nitrogen and oxygen atoms in total. The molecule has 2 aromatic rings. The lowest BCUT2D eigenvalue weighted by Crippen LogP contribution is -2.20. The Morgan fingerprint density at radius 3 is 2.80 bits per heavy atom. The first kappa shape index (κ1) is 14.9. The summed E-state index contributed by atoms with van der Waals surface area (Å²) >= 11 is 1.67. The van der Waals surface area contributed by atoms with Gasteiger partial charge in [0, 0.05) is 25.2 Å². The van der Waals surface area contributed by atoms with Gasteiger partial charge in [0.25, 0.3) is 0 Å². The molecule has 0 spiro atoms. The number of anilines is 1. The average molecular weight is 291 g/mol. The van der Waals surface area contributed by atoms with Crippen LogP contribution in [0.25, 0.3) is 0 Å². The molecule has 0 aliphatic rings. The van der Waals surface area contributed by atoms with E-state index in [9.17, 15) is 0 Å². The lowest BCUT2D eigenvalue weighted by atomic mass is 10.4. The fraction of sp³-hybridized carbons (Fsp3) is 0.500. The van der Waals surface area contributed by atoms with Crippen LogP contribution >= 0.6 is 11.3 Å². The Morgan fingerprint density at radius 1 is 1.25 bits per heavy atom. The molecule has 2 rings (SSSR count). The van der Waals surface area contributed by atoms with E-state index in [1.807, 2.05) is 20.2 Å². The molecule has 0 unspecified atom stereocenters. The molecule has 0 aromatic carbocycles. The van der Waals surface area contributed by atoms with Crippen molar-refractivity contribution in [3.8, 4) is 0 Å². The molecule has 0 saturated carbocycles. The van der Waals surface area contributed by atoms with Crippen molar-refractivity contribution in [2.45, 2.75) is 33.4 Å². The Labute approximate surface area is 124 Å². The first-order valence-electron chi connectivity index (χ1n) is 6.83. The molecular formula is C14H21N5S. The molecular weight excluding hydrogens is 270 g/mol. The van der Waals surface area contributed by atoms with Gasteiger partial charge >= 0.3 is 0 Å². The van der Waals surface area contributed by atoms with Crippen molar-refractivity contribution in [3.63, 3.8) is 0 Å². The Hall–Kier alpha value is -1.53. The topological polar surface area (TPSA) is 53.9 Å². The van der Waals surface area contributed by atoms with Crippen molar-refractivity contribution in [2.75, 3.05) is 18.5 Å². The molecule has 0 aliphatic carbocycles. The van der Waals surface area contributed by atoms with Crippen LogP contribution < -0.4 is 10.2 Å². The normalized spacial score (nSPS) is 10.8. The van der Waals surface area contributed by atoms with E-state index in [-0.39, 0.29) is 0 Å². The average Bonchev–Trinajstić information content (AvgIpc) is 2.85. The molecule has 0 aliphatic heterocycles. The predicted molar refractivity (Wildman–Crippen MR) is 83.0 cm³/mol. The molecule has 1 N–H and O–H groups in total. The van der Waals surface area contributed by atoms with Gasteiger partial charge in [-0.05, 0) is 19.9 Å². The molecule has 6 heteroatoms. The number of aromatic nitrogens is 3. The minimum absolute atomic E-state index is 0.755. The third kappa shape index (κ3) is 4.25. The highest BCUT2D eigenvalue weighted by Crippen LogP contribution is 2.14. The van der Waals surface area contributed by atoms with E-state index in [0.29, 0.717) is 0 Å². The van der Waals surface area contributed by atoms with Crippen LogP contribution in [0.5, 0.6) is 0 Å². The summed E-state index contributed by atoms with van der Waals surface area (Å²) in [6.07, 6.45) is 4.73. The number of hydrogen-bond donors (Lipinski definition) is 1. The van der Waals surface area contributed by atoms with Crippen molar-refractivity contribution in [3.05, 3.63) is 34.2 Å². The molecule has 2 heterocycles. The minimum Gasteiger partial charge on any atom is -0.352 e. The van der Waals surface area contributed by atoms with Crippen LogP contribution in [0.3, 0.4) is 0 Å². The van der Waals surface area contributed by atoms with Gasteiger partial charge in [-0.3, -0.25) is 4.98 Å². The maximum absolute atomic E-state index is 4.62. The fourth-order valence-corrected chi connectivity index (χ4v) is 2.47. The van der Waals surface area contributed by atoms with Crippen molar-refractivity contribution < 1.29 is 0 Å². The Morgan fingerprint density at radius 2 is 2.10 bits per heavy atom. The van der Waals surface area contributed by atoms with Gasteiger partial charge in [-0.15, -0.1) is 11.3 Å². The third-order valence-electron chi connectivity index (χ3n) is 2.86. The van der Waals surface area contributed by atoms with Crippen LogP contribution in [0.2, 0.25) is 0 Å².